The Balaban J connectivity index is 2.36. The second-order valence-electron chi connectivity index (χ2n) is 4.04. The van der Waals surface area contributed by atoms with E-state index in [1.165, 1.54) is 6.20 Å². The molecule has 1 aliphatic rings. The smallest absolute Gasteiger partial charge is 0.329 e. The summed E-state index contributed by atoms with van der Waals surface area (Å²) in [6, 6.07) is 0. The van der Waals surface area contributed by atoms with Crippen molar-refractivity contribution in [1.29, 1.82) is 0 Å². The highest BCUT2D eigenvalue weighted by Gasteiger charge is 2.26. The van der Waals surface area contributed by atoms with Crippen molar-refractivity contribution >= 4 is 29.2 Å². The summed E-state index contributed by atoms with van der Waals surface area (Å²) in [7, 11) is 1.69. The Kier molecular flexibility index (Phi) is 3.85. The second kappa shape index (κ2) is 5.38. The van der Waals surface area contributed by atoms with Gasteiger partial charge in [-0.3, -0.25) is 10.1 Å². The molecule has 1 aliphatic heterocycles. The first-order valence-electron chi connectivity index (χ1n) is 5.67. The molecule has 7 nitrogen and oxygen atoms in total. The van der Waals surface area contributed by atoms with Crippen molar-refractivity contribution in [2.24, 2.45) is 0 Å². The van der Waals surface area contributed by atoms with Gasteiger partial charge in [-0.05, 0) is 0 Å². The van der Waals surface area contributed by atoms with Crippen molar-refractivity contribution in [2.75, 3.05) is 36.1 Å². The standard InChI is InChI=1S/C10H15N5O2S/c1-7-6-14(3-4-18-7)9-8(15(16)17)5-12-10(11-2)13-9/h5,7H,3-4,6H2,1-2H3,(H,11,12,13). The van der Waals surface area contributed by atoms with Gasteiger partial charge < -0.3 is 10.2 Å². The van der Waals surface area contributed by atoms with Gasteiger partial charge in [-0.2, -0.15) is 16.7 Å². The van der Waals surface area contributed by atoms with E-state index in [9.17, 15) is 10.1 Å². The van der Waals surface area contributed by atoms with Crippen LogP contribution in [0.25, 0.3) is 0 Å². The maximum atomic E-state index is 11.0. The molecule has 8 heteroatoms. The number of rotatable bonds is 3. The molecule has 1 N–H and O–H groups in total. The average molecular weight is 269 g/mol. The SMILES string of the molecule is CNc1ncc([N+](=O)[O-])c(N2CCSC(C)C2)n1. The molecule has 0 saturated carbocycles. The van der Waals surface area contributed by atoms with E-state index >= 15 is 0 Å². The summed E-state index contributed by atoms with van der Waals surface area (Å²) < 4.78 is 0. The second-order valence-corrected chi connectivity index (χ2v) is 5.58. The van der Waals surface area contributed by atoms with E-state index in [0.717, 1.165) is 18.8 Å². The van der Waals surface area contributed by atoms with Crippen LogP contribution in [0.15, 0.2) is 6.20 Å². The van der Waals surface area contributed by atoms with Crippen LogP contribution in [-0.4, -0.2) is 46.0 Å². The molecule has 1 aromatic heterocycles. The Hall–Kier alpha value is -1.57. The van der Waals surface area contributed by atoms with Crippen molar-refractivity contribution in [3.8, 4) is 0 Å². The van der Waals surface area contributed by atoms with Crippen LogP contribution in [0.2, 0.25) is 0 Å². The fraction of sp³-hybridized carbons (Fsp3) is 0.600. The lowest BCUT2D eigenvalue weighted by atomic mass is 10.3. The minimum atomic E-state index is -0.429. The maximum absolute atomic E-state index is 11.0. The molecule has 0 spiro atoms. The summed E-state index contributed by atoms with van der Waals surface area (Å²) in [6.45, 7) is 3.66. The first-order valence-corrected chi connectivity index (χ1v) is 6.72. The Labute approximate surface area is 109 Å². The van der Waals surface area contributed by atoms with Crippen LogP contribution in [0.1, 0.15) is 6.92 Å². The monoisotopic (exact) mass is 269 g/mol. The molecule has 0 amide bonds. The fourth-order valence-electron chi connectivity index (χ4n) is 1.86. The lowest BCUT2D eigenvalue weighted by molar-refractivity contribution is -0.384. The minimum Gasteiger partial charge on any atom is -0.357 e. The van der Waals surface area contributed by atoms with Gasteiger partial charge in [-0.1, -0.05) is 6.92 Å². The Morgan fingerprint density at radius 1 is 1.67 bits per heavy atom. The number of nitrogens with zero attached hydrogens (tertiary/aromatic N) is 4. The predicted molar refractivity (Wildman–Crippen MR) is 72.4 cm³/mol. The van der Waals surface area contributed by atoms with Crippen LogP contribution in [0.4, 0.5) is 17.5 Å². The highest BCUT2D eigenvalue weighted by atomic mass is 32.2. The van der Waals surface area contributed by atoms with Crippen LogP contribution in [0, 0.1) is 10.1 Å². The van der Waals surface area contributed by atoms with Gasteiger partial charge in [-0.25, -0.2) is 4.98 Å². The fourth-order valence-corrected chi connectivity index (χ4v) is 2.87. The molecule has 1 atom stereocenters. The highest BCUT2D eigenvalue weighted by Crippen LogP contribution is 2.29. The summed E-state index contributed by atoms with van der Waals surface area (Å²) in [5, 5.41) is 14.3. The Morgan fingerprint density at radius 3 is 3.06 bits per heavy atom. The van der Waals surface area contributed by atoms with Crippen molar-refractivity contribution < 1.29 is 4.92 Å². The van der Waals surface area contributed by atoms with E-state index in [1.807, 2.05) is 16.7 Å². The molecule has 0 bridgehead atoms. The molecule has 2 heterocycles. The van der Waals surface area contributed by atoms with E-state index < -0.39 is 4.92 Å². The summed E-state index contributed by atoms with van der Waals surface area (Å²) >= 11 is 1.87. The molecule has 0 aromatic carbocycles. The number of hydrogen-bond acceptors (Lipinski definition) is 7. The highest BCUT2D eigenvalue weighted by molar-refractivity contribution is 8.00. The van der Waals surface area contributed by atoms with Crippen molar-refractivity contribution in [3.05, 3.63) is 16.3 Å². The average Bonchev–Trinajstić information content (AvgIpc) is 2.38. The third-order valence-corrected chi connectivity index (χ3v) is 3.85. The number of hydrogen-bond donors (Lipinski definition) is 1. The third kappa shape index (κ3) is 2.63. The minimum absolute atomic E-state index is 0.0342. The van der Waals surface area contributed by atoms with E-state index in [-0.39, 0.29) is 5.69 Å². The van der Waals surface area contributed by atoms with Crippen molar-refractivity contribution in [2.45, 2.75) is 12.2 Å². The van der Waals surface area contributed by atoms with Gasteiger partial charge >= 0.3 is 5.69 Å². The number of aromatic nitrogens is 2. The molecule has 0 radical (unpaired) electrons. The number of nitrogens with one attached hydrogen (secondary N) is 1. The molecular weight excluding hydrogens is 254 g/mol. The number of anilines is 2. The van der Waals surface area contributed by atoms with Gasteiger partial charge in [0.25, 0.3) is 0 Å². The van der Waals surface area contributed by atoms with E-state index in [2.05, 4.69) is 22.2 Å². The van der Waals surface area contributed by atoms with E-state index in [4.69, 9.17) is 0 Å². The van der Waals surface area contributed by atoms with Gasteiger partial charge in [0.05, 0.1) is 4.92 Å². The van der Waals surface area contributed by atoms with Crippen molar-refractivity contribution in [3.63, 3.8) is 0 Å². The van der Waals surface area contributed by atoms with Crippen LogP contribution in [0.3, 0.4) is 0 Å². The van der Waals surface area contributed by atoms with Crippen LogP contribution in [0.5, 0.6) is 0 Å². The first-order chi connectivity index (χ1) is 8.61. The van der Waals surface area contributed by atoms with E-state index in [0.29, 0.717) is 17.0 Å². The van der Waals surface area contributed by atoms with Gasteiger partial charge in [-0.15, -0.1) is 0 Å². The lowest BCUT2D eigenvalue weighted by Crippen LogP contribution is -2.37. The molecule has 98 valence electrons. The number of thioether (sulfide) groups is 1. The van der Waals surface area contributed by atoms with Gasteiger partial charge in [0.15, 0.2) is 0 Å². The quantitative estimate of drug-likeness (QED) is 0.655. The molecule has 1 unspecified atom stereocenters. The molecule has 2 rings (SSSR count). The van der Waals surface area contributed by atoms with Gasteiger partial charge in [0.2, 0.25) is 11.8 Å². The largest absolute Gasteiger partial charge is 0.357 e. The summed E-state index contributed by atoms with van der Waals surface area (Å²) in [6.07, 6.45) is 1.26. The molecule has 0 aliphatic carbocycles. The lowest BCUT2D eigenvalue weighted by Gasteiger charge is -2.31. The van der Waals surface area contributed by atoms with Crippen molar-refractivity contribution in [1.82, 2.24) is 9.97 Å². The Morgan fingerprint density at radius 2 is 2.44 bits per heavy atom. The van der Waals surface area contributed by atoms with Gasteiger partial charge in [0, 0.05) is 31.1 Å². The molecular formula is C10H15N5O2S. The van der Waals surface area contributed by atoms with Gasteiger partial charge in [0.1, 0.15) is 6.20 Å². The zero-order valence-corrected chi connectivity index (χ0v) is 11.1. The molecule has 1 fully saturated rings. The summed E-state index contributed by atoms with van der Waals surface area (Å²) in [4.78, 5) is 20.7. The zero-order valence-electron chi connectivity index (χ0n) is 10.3. The van der Waals surface area contributed by atoms with E-state index in [1.54, 1.807) is 7.05 Å². The Bertz CT molecular complexity index is 456. The topological polar surface area (TPSA) is 84.2 Å². The molecule has 1 saturated heterocycles. The normalized spacial score (nSPS) is 19.7. The summed E-state index contributed by atoms with van der Waals surface area (Å²) in [5.74, 6) is 1.77. The maximum Gasteiger partial charge on any atom is 0.329 e. The van der Waals surface area contributed by atoms with Crippen LogP contribution in [-0.2, 0) is 0 Å². The number of nitro groups is 1. The van der Waals surface area contributed by atoms with Crippen LogP contribution >= 0.6 is 11.8 Å². The molecule has 18 heavy (non-hydrogen) atoms. The third-order valence-electron chi connectivity index (χ3n) is 2.71. The van der Waals surface area contributed by atoms with Crippen LogP contribution < -0.4 is 10.2 Å². The summed E-state index contributed by atoms with van der Waals surface area (Å²) in [5.41, 5.74) is -0.0342. The predicted octanol–water partition coefficient (Wildman–Crippen LogP) is 1.37. The molecule has 1 aromatic rings. The first kappa shape index (κ1) is 12.9. The zero-order chi connectivity index (χ0) is 13.1.